The summed E-state index contributed by atoms with van der Waals surface area (Å²) in [5.41, 5.74) is 1.71. The van der Waals surface area contributed by atoms with E-state index in [9.17, 15) is 0 Å². The van der Waals surface area contributed by atoms with Gasteiger partial charge < -0.3 is 14.8 Å². The maximum atomic E-state index is 5.45. The van der Waals surface area contributed by atoms with Crippen molar-refractivity contribution in [1.82, 2.24) is 5.32 Å². The van der Waals surface area contributed by atoms with Gasteiger partial charge in [0.05, 0.1) is 14.2 Å². The fraction of sp³-hybridized carbons (Fsp3) is 0.625. The third-order valence-electron chi connectivity index (χ3n) is 4.30. The molecule has 1 aliphatic rings. The molecule has 2 unspecified atom stereocenters. The number of hydrogen-bond donors (Lipinski definition) is 1. The van der Waals surface area contributed by atoms with E-state index in [1.165, 1.54) is 12.0 Å². The minimum absolute atomic E-state index is 0.289. The molecular formula is C16H25NO2. The molecule has 19 heavy (non-hydrogen) atoms. The van der Waals surface area contributed by atoms with Crippen molar-refractivity contribution in [2.24, 2.45) is 11.3 Å². The van der Waals surface area contributed by atoms with E-state index in [4.69, 9.17) is 9.47 Å². The van der Waals surface area contributed by atoms with Crippen LogP contribution in [0, 0.1) is 11.3 Å². The van der Waals surface area contributed by atoms with Crippen molar-refractivity contribution in [2.45, 2.75) is 33.2 Å². The monoisotopic (exact) mass is 263 g/mol. The van der Waals surface area contributed by atoms with E-state index in [-0.39, 0.29) is 6.04 Å². The fourth-order valence-corrected chi connectivity index (χ4v) is 2.53. The van der Waals surface area contributed by atoms with Crippen LogP contribution in [-0.2, 0) is 0 Å². The highest BCUT2D eigenvalue weighted by molar-refractivity contribution is 5.42. The molecule has 2 atom stereocenters. The summed E-state index contributed by atoms with van der Waals surface area (Å²) in [7, 11) is 3.38. The lowest BCUT2D eigenvalue weighted by Crippen LogP contribution is -2.22. The molecule has 0 heterocycles. The molecule has 0 bridgehead atoms. The molecule has 0 aromatic heterocycles. The highest BCUT2D eigenvalue weighted by Crippen LogP contribution is 2.51. The Bertz CT molecular complexity index is 442. The Morgan fingerprint density at radius 2 is 2.00 bits per heavy atom. The number of nitrogens with one attached hydrogen (secondary N) is 1. The zero-order valence-corrected chi connectivity index (χ0v) is 12.6. The lowest BCUT2D eigenvalue weighted by atomic mass is 10.1. The van der Waals surface area contributed by atoms with Crippen molar-refractivity contribution in [1.29, 1.82) is 0 Å². The molecule has 1 saturated carbocycles. The van der Waals surface area contributed by atoms with E-state index in [2.05, 4.69) is 32.2 Å². The minimum Gasteiger partial charge on any atom is -0.497 e. The van der Waals surface area contributed by atoms with Crippen molar-refractivity contribution >= 4 is 0 Å². The van der Waals surface area contributed by atoms with Crippen LogP contribution in [0.1, 0.15) is 38.8 Å². The Morgan fingerprint density at radius 1 is 1.32 bits per heavy atom. The first-order valence-corrected chi connectivity index (χ1v) is 6.93. The molecule has 1 N–H and O–H groups in total. The standard InChI is InChI=1S/C16H25NO2/c1-11(17-10-12-9-16(12,2)3)14-7-6-13(18-4)8-15(14)19-5/h6-8,11-12,17H,9-10H2,1-5H3. The third-order valence-corrected chi connectivity index (χ3v) is 4.30. The zero-order valence-electron chi connectivity index (χ0n) is 12.6. The molecule has 2 rings (SSSR count). The van der Waals surface area contributed by atoms with Gasteiger partial charge in [0.15, 0.2) is 0 Å². The predicted molar refractivity (Wildman–Crippen MR) is 77.9 cm³/mol. The Hall–Kier alpha value is -1.22. The van der Waals surface area contributed by atoms with Gasteiger partial charge in [-0.05, 0) is 37.3 Å². The van der Waals surface area contributed by atoms with Gasteiger partial charge in [-0.1, -0.05) is 19.9 Å². The third kappa shape index (κ3) is 3.21. The zero-order chi connectivity index (χ0) is 14.0. The van der Waals surface area contributed by atoms with Crippen LogP contribution >= 0.6 is 0 Å². The van der Waals surface area contributed by atoms with Crippen LogP contribution in [0.4, 0.5) is 0 Å². The molecule has 106 valence electrons. The van der Waals surface area contributed by atoms with Crippen molar-refractivity contribution in [3.8, 4) is 11.5 Å². The average Bonchev–Trinajstić information content (AvgIpc) is 3.02. The Morgan fingerprint density at radius 3 is 2.53 bits per heavy atom. The Kier molecular flexibility index (Phi) is 4.04. The van der Waals surface area contributed by atoms with Gasteiger partial charge in [0, 0.05) is 17.7 Å². The highest BCUT2D eigenvalue weighted by Gasteiger charge is 2.44. The second-order valence-corrected chi connectivity index (χ2v) is 6.13. The molecule has 1 fully saturated rings. The van der Waals surface area contributed by atoms with Crippen LogP contribution in [0.25, 0.3) is 0 Å². The molecule has 0 saturated heterocycles. The molecule has 0 amide bonds. The van der Waals surface area contributed by atoms with E-state index in [1.807, 2.05) is 12.1 Å². The summed E-state index contributed by atoms with van der Waals surface area (Å²) in [5, 5.41) is 3.61. The van der Waals surface area contributed by atoms with Crippen LogP contribution in [0.2, 0.25) is 0 Å². The van der Waals surface area contributed by atoms with E-state index in [0.29, 0.717) is 5.41 Å². The molecule has 0 aliphatic heterocycles. The van der Waals surface area contributed by atoms with Gasteiger partial charge in [-0.25, -0.2) is 0 Å². The van der Waals surface area contributed by atoms with Crippen LogP contribution in [0.15, 0.2) is 18.2 Å². The maximum Gasteiger partial charge on any atom is 0.127 e. The molecule has 1 aliphatic carbocycles. The molecule has 3 nitrogen and oxygen atoms in total. The summed E-state index contributed by atoms with van der Waals surface area (Å²) >= 11 is 0. The normalized spacial score (nSPS) is 21.8. The largest absolute Gasteiger partial charge is 0.497 e. The van der Waals surface area contributed by atoms with Crippen molar-refractivity contribution in [2.75, 3.05) is 20.8 Å². The lowest BCUT2D eigenvalue weighted by molar-refractivity contribution is 0.384. The van der Waals surface area contributed by atoms with Crippen molar-refractivity contribution < 1.29 is 9.47 Å². The van der Waals surface area contributed by atoms with Gasteiger partial charge in [0.1, 0.15) is 11.5 Å². The van der Waals surface area contributed by atoms with E-state index in [0.717, 1.165) is 24.0 Å². The van der Waals surface area contributed by atoms with Gasteiger partial charge >= 0.3 is 0 Å². The number of methoxy groups -OCH3 is 2. The SMILES string of the molecule is COc1ccc(C(C)NCC2CC2(C)C)c(OC)c1. The van der Waals surface area contributed by atoms with Crippen molar-refractivity contribution in [3.05, 3.63) is 23.8 Å². The molecular weight excluding hydrogens is 238 g/mol. The molecule has 3 heteroatoms. The first-order chi connectivity index (χ1) is 8.97. The number of benzene rings is 1. The second kappa shape index (κ2) is 5.41. The topological polar surface area (TPSA) is 30.5 Å². The summed E-state index contributed by atoms with van der Waals surface area (Å²) in [6.07, 6.45) is 1.33. The maximum absolute atomic E-state index is 5.45. The summed E-state index contributed by atoms with van der Waals surface area (Å²) in [5.74, 6) is 2.52. The van der Waals surface area contributed by atoms with Gasteiger partial charge in [0.2, 0.25) is 0 Å². The quantitative estimate of drug-likeness (QED) is 0.853. The van der Waals surface area contributed by atoms with Crippen LogP contribution in [0.3, 0.4) is 0 Å². The molecule has 1 aromatic carbocycles. The van der Waals surface area contributed by atoms with Crippen LogP contribution in [0.5, 0.6) is 11.5 Å². The average molecular weight is 263 g/mol. The van der Waals surface area contributed by atoms with E-state index >= 15 is 0 Å². The molecule has 1 aromatic rings. The summed E-state index contributed by atoms with van der Waals surface area (Å²) < 4.78 is 10.7. The van der Waals surface area contributed by atoms with Crippen LogP contribution < -0.4 is 14.8 Å². The fourth-order valence-electron chi connectivity index (χ4n) is 2.53. The summed E-state index contributed by atoms with van der Waals surface area (Å²) in [6.45, 7) is 7.92. The predicted octanol–water partition coefficient (Wildman–Crippen LogP) is 3.40. The first-order valence-electron chi connectivity index (χ1n) is 6.93. The number of ether oxygens (including phenoxy) is 2. The first kappa shape index (κ1) is 14.2. The van der Waals surface area contributed by atoms with Crippen molar-refractivity contribution in [3.63, 3.8) is 0 Å². The van der Waals surface area contributed by atoms with E-state index < -0.39 is 0 Å². The van der Waals surface area contributed by atoms with Gasteiger partial charge in [-0.2, -0.15) is 0 Å². The van der Waals surface area contributed by atoms with Gasteiger partial charge in [0.25, 0.3) is 0 Å². The second-order valence-electron chi connectivity index (χ2n) is 6.13. The summed E-state index contributed by atoms with van der Waals surface area (Å²) in [4.78, 5) is 0. The Balaban J connectivity index is 2.00. The minimum atomic E-state index is 0.289. The highest BCUT2D eigenvalue weighted by atomic mass is 16.5. The van der Waals surface area contributed by atoms with Gasteiger partial charge in [-0.3, -0.25) is 0 Å². The lowest BCUT2D eigenvalue weighted by Gasteiger charge is -2.18. The number of rotatable bonds is 6. The van der Waals surface area contributed by atoms with Gasteiger partial charge in [-0.15, -0.1) is 0 Å². The van der Waals surface area contributed by atoms with E-state index in [1.54, 1.807) is 14.2 Å². The number of hydrogen-bond acceptors (Lipinski definition) is 3. The molecule has 0 radical (unpaired) electrons. The Labute approximate surface area is 116 Å². The smallest absolute Gasteiger partial charge is 0.127 e. The molecule has 0 spiro atoms. The summed E-state index contributed by atoms with van der Waals surface area (Å²) in [6, 6.07) is 6.29. The van der Waals surface area contributed by atoms with Crippen LogP contribution in [-0.4, -0.2) is 20.8 Å².